The van der Waals surface area contributed by atoms with Crippen LogP contribution in [-0.4, -0.2) is 46.2 Å². The van der Waals surface area contributed by atoms with Gasteiger partial charge in [0, 0.05) is 38.8 Å². The van der Waals surface area contributed by atoms with Crippen LogP contribution in [0.2, 0.25) is 0 Å². The molecule has 5 heteroatoms. The molecule has 1 aliphatic rings. The van der Waals surface area contributed by atoms with Crippen molar-refractivity contribution in [3.8, 4) is 11.5 Å². The molecule has 21 heavy (non-hydrogen) atoms. The van der Waals surface area contributed by atoms with Crippen molar-refractivity contribution in [3.05, 3.63) is 23.8 Å². The van der Waals surface area contributed by atoms with E-state index in [-0.39, 0.29) is 5.60 Å². The Morgan fingerprint density at radius 2 is 2.19 bits per heavy atom. The number of rotatable bonds is 8. The maximum atomic E-state index is 5.61. The van der Waals surface area contributed by atoms with Crippen molar-refractivity contribution < 1.29 is 18.9 Å². The van der Waals surface area contributed by atoms with E-state index >= 15 is 0 Å². The SMILES string of the molecule is CCOc1cccc(CNCC2(OC)CCOC2)c1OC. The molecule has 1 aromatic carbocycles. The van der Waals surface area contributed by atoms with Crippen LogP contribution >= 0.6 is 0 Å². The highest BCUT2D eigenvalue weighted by atomic mass is 16.5. The fourth-order valence-electron chi connectivity index (χ4n) is 2.59. The Balaban J connectivity index is 1.98. The molecule has 1 fully saturated rings. The van der Waals surface area contributed by atoms with Crippen LogP contribution in [0, 0.1) is 0 Å². The van der Waals surface area contributed by atoms with Gasteiger partial charge in [-0.3, -0.25) is 0 Å². The van der Waals surface area contributed by atoms with Crippen LogP contribution in [0.3, 0.4) is 0 Å². The summed E-state index contributed by atoms with van der Waals surface area (Å²) in [6, 6.07) is 5.95. The van der Waals surface area contributed by atoms with E-state index in [0.717, 1.165) is 36.6 Å². The fourth-order valence-corrected chi connectivity index (χ4v) is 2.59. The van der Waals surface area contributed by atoms with E-state index in [0.29, 0.717) is 19.8 Å². The van der Waals surface area contributed by atoms with Crippen LogP contribution in [0.5, 0.6) is 11.5 Å². The maximum Gasteiger partial charge on any atom is 0.165 e. The van der Waals surface area contributed by atoms with Gasteiger partial charge in [-0.15, -0.1) is 0 Å². The summed E-state index contributed by atoms with van der Waals surface area (Å²) in [5.74, 6) is 1.57. The van der Waals surface area contributed by atoms with Crippen molar-refractivity contribution in [2.45, 2.75) is 25.5 Å². The number of ether oxygens (including phenoxy) is 4. The Hall–Kier alpha value is -1.30. The fraction of sp³-hybridized carbons (Fsp3) is 0.625. The molecular formula is C16H25NO4. The molecule has 1 aliphatic heterocycles. The van der Waals surface area contributed by atoms with Gasteiger partial charge in [0.25, 0.3) is 0 Å². The second kappa shape index (κ2) is 7.64. The predicted molar refractivity (Wildman–Crippen MR) is 81.0 cm³/mol. The molecule has 1 heterocycles. The summed E-state index contributed by atoms with van der Waals surface area (Å²) < 4.78 is 22.1. The topological polar surface area (TPSA) is 49.0 Å². The lowest BCUT2D eigenvalue weighted by Gasteiger charge is -2.26. The number of methoxy groups -OCH3 is 2. The van der Waals surface area contributed by atoms with E-state index < -0.39 is 0 Å². The lowest BCUT2D eigenvalue weighted by molar-refractivity contribution is -0.0159. The quantitative estimate of drug-likeness (QED) is 0.795. The minimum Gasteiger partial charge on any atom is -0.493 e. The van der Waals surface area contributed by atoms with Crippen LogP contribution in [0.1, 0.15) is 18.9 Å². The van der Waals surface area contributed by atoms with Crippen molar-refractivity contribution in [3.63, 3.8) is 0 Å². The summed E-state index contributed by atoms with van der Waals surface area (Å²) in [6.07, 6.45) is 0.923. The van der Waals surface area contributed by atoms with E-state index in [9.17, 15) is 0 Å². The predicted octanol–water partition coefficient (Wildman–Crippen LogP) is 1.99. The minimum atomic E-state index is -0.204. The van der Waals surface area contributed by atoms with Gasteiger partial charge in [0.05, 0.1) is 20.3 Å². The molecule has 118 valence electrons. The van der Waals surface area contributed by atoms with Crippen molar-refractivity contribution in [1.82, 2.24) is 5.32 Å². The minimum absolute atomic E-state index is 0.204. The van der Waals surface area contributed by atoms with Crippen LogP contribution in [0.4, 0.5) is 0 Å². The number of hydrogen-bond acceptors (Lipinski definition) is 5. The highest BCUT2D eigenvalue weighted by Gasteiger charge is 2.34. The number of nitrogens with one attached hydrogen (secondary N) is 1. The zero-order valence-corrected chi connectivity index (χ0v) is 13.1. The molecule has 0 spiro atoms. The largest absolute Gasteiger partial charge is 0.493 e. The lowest BCUT2D eigenvalue weighted by atomic mass is 10.0. The van der Waals surface area contributed by atoms with Gasteiger partial charge in [-0.1, -0.05) is 12.1 Å². The zero-order valence-electron chi connectivity index (χ0n) is 13.1. The van der Waals surface area contributed by atoms with Gasteiger partial charge in [0.15, 0.2) is 11.5 Å². The lowest BCUT2D eigenvalue weighted by Crippen LogP contribution is -2.42. The first kappa shape index (κ1) is 16.1. The summed E-state index contributed by atoms with van der Waals surface area (Å²) in [7, 11) is 3.41. The Morgan fingerprint density at radius 3 is 2.81 bits per heavy atom. The summed E-state index contributed by atoms with van der Waals surface area (Å²) in [4.78, 5) is 0. The normalized spacial score (nSPS) is 21.5. The third-order valence-corrected chi connectivity index (χ3v) is 3.83. The molecule has 0 aromatic heterocycles. The molecule has 0 amide bonds. The van der Waals surface area contributed by atoms with Crippen LogP contribution in [-0.2, 0) is 16.0 Å². The smallest absolute Gasteiger partial charge is 0.165 e. The first-order valence-electron chi connectivity index (χ1n) is 7.37. The Labute approximate surface area is 126 Å². The van der Waals surface area contributed by atoms with Crippen molar-refractivity contribution in [1.29, 1.82) is 0 Å². The summed E-state index contributed by atoms with van der Waals surface area (Å²) >= 11 is 0. The number of para-hydroxylation sites is 1. The van der Waals surface area contributed by atoms with Gasteiger partial charge in [0.1, 0.15) is 5.60 Å². The highest BCUT2D eigenvalue weighted by Crippen LogP contribution is 2.31. The molecule has 2 rings (SSSR count). The Morgan fingerprint density at radius 1 is 1.33 bits per heavy atom. The molecule has 0 saturated carbocycles. The van der Waals surface area contributed by atoms with Gasteiger partial charge in [-0.2, -0.15) is 0 Å². The van der Waals surface area contributed by atoms with E-state index in [1.165, 1.54) is 0 Å². The highest BCUT2D eigenvalue weighted by molar-refractivity contribution is 5.46. The van der Waals surface area contributed by atoms with Gasteiger partial charge >= 0.3 is 0 Å². The van der Waals surface area contributed by atoms with Crippen molar-refractivity contribution in [2.24, 2.45) is 0 Å². The molecule has 0 aliphatic carbocycles. The van der Waals surface area contributed by atoms with E-state index in [4.69, 9.17) is 18.9 Å². The van der Waals surface area contributed by atoms with Gasteiger partial charge in [-0.25, -0.2) is 0 Å². The van der Waals surface area contributed by atoms with Gasteiger partial charge in [-0.05, 0) is 13.0 Å². The molecule has 1 atom stereocenters. The third kappa shape index (κ3) is 3.87. The molecule has 1 N–H and O–H groups in total. The van der Waals surface area contributed by atoms with Crippen molar-refractivity contribution >= 4 is 0 Å². The maximum absolute atomic E-state index is 5.61. The molecule has 1 saturated heterocycles. The van der Waals surface area contributed by atoms with Crippen LogP contribution < -0.4 is 14.8 Å². The van der Waals surface area contributed by atoms with E-state index in [2.05, 4.69) is 5.32 Å². The van der Waals surface area contributed by atoms with Gasteiger partial charge in [0.2, 0.25) is 0 Å². The first-order chi connectivity index (χ1) is 10.2. The molecule has 0 radical (unpaired) electrons. The summed E-state index contributed by atoms with van der Waals surface area (Å²) in [6.45, 7) is 5.45. The molecule has 1 unspecified atom stereocenters. The van der Waals surface area contributed by atoms with Crippen LogP contribution in [0.25, 0.3) is 0 Å². The second-order valence-electron chi connectivity index (χ2n) is 5.17. The first-order valence-corrected chi connectivity index (χ1v) is 7.37. The van der Waals surface area contributed by atoms with E-state index in [1.54, 1.807) is 14.2 Å². The summed E-state index contributed by atoms with van der Waals surface area (Å²) in [5, 5.41) is 3.44. The zero-order chi connectivity index (χ0) is 15.1. The van der Waals surface area contributed by atoms with Gasteiger partial charge < -0.3 is 24.3 Å². The summed E-state index contributed by atoms with van der Waals surface area (Å²) in [5.41, 5.74) is 0.874. The average molecular weight is 295 g/mol. The third-order valence-electron chi connectivity index (χ3n) is 3.83. The molecule has 5 nitrogen and oxygen atoms in total. The molecule has 0 bridgehead atoms. The number of benzene rings is 1. The molecular weight excluding hydrogens is 270 g/mol. The van der Waals surface area contributed by atoms with Crippen molar-refractivity contribution in [2.75, 3.05) is 40.6 Å². The standard InChI is InChI=1S/C16H25NO4/c1-4-21-14-7-5-6-13(15(14)18-2)10-17-11-16(19-3)8-9-20-12-16/h5-7,17H,4,8-12H2,1-3H3. The second-order valence-corrected chi connectivity index (χ2v) is 5.17. The Bertz CT molecular complexity index is 444. The average Bonchev–Trinajstić information content (AvgIpc) is 2.97. The number of hydrogen-bond donors (Lipinski definition) is 1. The monoisotopic (exact) mass is 295 g/mol. The molecule has 1 aromatic rings. The Kier molecular flexibility index (Phi) is 5.85. The van der Waals surface area contributed by atoms with E-state index in [1.807, 2.05) is 25.1 Å². The van der Waals surface area contributed by atoms with Crippen LogP contribution in [0.15, 0.2) is 18.2 Å².